The summed E-state index contributed by atoms with van der Waals surface area (Å²) in [5.74, 6) is -1.32. The van der Waals surface area contributed by atoms with Crippen LogP contribution in [0.4, 0.5) is 0 Å². The highest BCUT2D eigenvalue weighted by Gasteiger charge is 2.23. The molecule has 3 N–H and O–H groups in total. The second-order valence-corrected chi connectivity index (χ2v) is 3.52. The lowest BCUT2D eigenvalue weighted by Crippen LogP contribution is -2.41. The maximum atomic E-state index is 11.2. The van der Waals surface area contributed by atoms with E-state index in [1.807, 2.05) is 0 Å². The fourth-order valence-electron chi connectivity index (χ4n) is 0.646. The molecule has 5 heteroatoms. The van der Waals surface area contributed by atoms with Gasteiger partial charge >= 0.3 is 11.9 Å². The Morgan fingerprint density at radius 2 is 1.71 bits per heavy atom. The van der Waals surface area contributed by atoms with Gasteiger partial charge in [-0.25, -0.2) is 9.59 Å². The van der Waals surface area contributed by atoms with E-state index >= 15 is 0 Å². The van der Waals surface area contributed by atoms with Gasteiger partial charge in [-0.3, -0.25) is 0 Å². The van der Waals surface area contributed by atoms with Gasteiger partial charge in [-0.05, 0) is 19.9 Å². The first-order chi connectivity index (χ1) is 6.40. The quantitative estimate of drug-likeness (QED) is 0.481. The summed E-state index contributed by atoms with van der Waals surface area (Å²) < 4.78 is 4.56. The van der Waals surface area contributed by atoms with Crippen molar-refractivity contribution in [3.05, 3.63) is 0 Å². The zero-order chi connectivity index (χ0) is 11.3. The SMILES string of the molecule is CN[C@@H](C)C(=O)OC(=O)C(N)C(C)C. The summed E-state index contributed by atoms with van der Waals surface area (Å²) in [6.07, 6.45) is 0. The normalized spacial score (nSPS) is 15.0. The highest BCUT2D eigenvalue weighted by atomic mass is 16.6. The Balaban J connectivity index is 4.13. The number of hydrogen-bond acceptors (Lipinski definition) is 5. The summed E-state index contributed by atoms with van der Waals surface area (Å²) in [6, 6.07) is -1.25. The Morgan fingerprint density at radius 3 is 2.07 bits per heavy atom. The summed E-state index contributed by atoms with van der Waals surface area (Å²) in [5.41, 5.74) is 5.50. The lowest BCUT2D eigenvalue weighted by atomic mass is 10.1. The van der Waals surface area contributed by atoms with E-state index in [1.54, 1.807) is 27.8 Å². The minimum atomic E-state index is -0.747. The van der Waals surface area contributed by atoms with Gasteiger partial charge < -0.3 is 15.8 Å². The average molecular weight is 202 g/mol. The molecule has 0 fully saturated rings. The molecule has 14 heavy (non-hydrogen) atoms. The lowest BCUT2D eigenvalue weighted by Gasteiger charge is -2.15. The fourth-order valence-corrected chi connectivity index (χ4v) is 0.646. The number of likely N-dealkylation sites (N-methyl/N-ethyl adjacent to an activating group) is 1. The first-order valence-corrected chi connectivity index (χ1v) is 4.58. The first-order valence-electron chi connectivity index (χ1n) is 4.58. The molecule has 0 bridgehead atoms. The van der Waals surface area contributed by atoms with Gasteiger partial charge in [0.25, 0.3) is 0 Å². The molecule has 0 amide bonds. The predicted molar refractivity (Wildman–Crippen MR) is 52.4 cm³/mol. The van der Waals surface area contributed by atoms with Crippen LogP contribution in [0.3, 0.4) is 0 Å². The molecule has 0 saturated heterocycles. The Hall–Kier alpha value is -0.940. The van der Waals surface area contributed by atoms with E-state index in [4.69, 9.17) is 5.73 Å². The number of rotatable bonds is 4. The molecule has 0 radical (unpaired) electrons. The monoisotopic (exact) mass is 202 g/mol. The number of hydrogen-bond donors (Lipinski definition) is 2. The van der Waals surface area contributed by atoms with Crippen molar-refractivity contribution in [2.75, 3.05) is 7.05 Å². The van der Waals surface area contributed by atoms with Gasteiger partial charge in [-0.1, -0.05) is 13.8 Å². The zero-order valence-electron chi connectivity index (χ0n) is 9.03. The highest BCUT2D eigenvalue weighted by Crippen LogP contribution is 2.01. The van der Waals surface area contributed by atoms with Gasteiger partial charge in [0.15, 0.2) is 0 Å². The zero-order valence-corrected chi connectivity index (χ0v) is 9.03. The van der Waals surface area contributed by atoms with Crippen LogP contribution < -0.4 is 11.1 Å². The third kappa shape index (κ3) is 3.85. The molecule has 0 heterocycles. The molecule has 82 valence electrons. The largest absolute Gasteiger partial charge is 0.391 e. The van der Waals surface area contributed by atoms with Crippen LogP contribution in [0.5, 0.6) is 0 Å². The van der Waals surface area contributed by atoms with Crippen molar-refractivity contribution in [3.8, 4) is 0 Å². The summed E-state index contributed by atoms with van der Waals surface area (Å²) in [5, 5.41) is 2.67. The molecule has 0 aliphatic heterocycles. The molecule has 0 aromatic rings. The molecular weight excluding hydrogens is 184 g/mol. The molecule has 0 spiro atoms. The second-order valence-electron chi connectivity index (χ2n) is 3.52. The highest BCUT2D eigenvalue weighted by molar-refractivity contribution is 5.90. The minimum Gasteiger partial charge on any atom is -0.391 e. The molecule has 0 aliphatic rings. The van der Waals surface area contributed by atoms with E-state index in [9.17, 15) is 9.59 Å². The molecule has 0 aliphatic carbocycles. The first kappa shape index (κ1) is 13.1. The van der Waals surface area contributed by atoms with Gasteiger partial charge in [-0.15, -0.1) is 0 Å². The van der Waals surface area contributed by atoms with Crippen LogP contribution in [0, 0.1) is 5.92 Å². The Labute approximate surface area is 84.0 Å². The molecule has 1 unspecified atom stereocenters. The Kier molecular flexibility index (Phi) is 5.34. The number of ether oxygens (including phenoxy) is 1. The molecule has 0 aromatic carbocycles. The van der Waals surface area contributed by atoms with E-state index in [-0.39, 0.29) is 5.92 Å². The van der Waals surface area contributed by atoms with E-state index < -0.39 is 24.0 Å². The maximum Gasteiger partial charge on any atom is 0.330 e. The van der Waals surface area contributed by atoms with Crippen LogP contribution in [-0.2, 0) is 14.3 Å². The topological polar surface area (TPSA) is 81.4 Å². The van der Waals surface area contributed by atoms with Crippen LogP contribution in [0.1, 0.15) is 20.8 Å². The molecule has 0 rings (SSSR count). The van der Waals surface area contributed by atoms with Gasteiger partial charge in [0, 0.05) is 0 Å². The van der Waals surface area contributed by atoms with Gasteiger partial charge in [0.1, 0.15) is 12.1 Å². The van der Waals surface area contributed by atoms with Crippen molar-refractivity contribution in [2.45, 2.75) is 32.9 Å². The minimum absolute atomic E-state index is 0.0415. The van der Waals surface area contributed by atoms with Gasteiger partial charge in [-0.2, -0.15) is 0 Å². The van der Waals surface area contributed by atoms with Crippen LogP contribution >= 0.6 is 0 Å². The number of nitrogens with two attached hydrogens (primary N) is 1. The van der Waals surface area contributed by atoms with Crippen LogP contribution in [-0.4, -0.2) is 31.1 Å². The smallest absolute Gasteiger partial charge is 0.330 e. The van der Waals surface area contributed by atoms with Gasteiger partial charge in [0.05, 0.1) is 0 Å². The molecular formula is C9H18N2O3. The lowest BCUT2D eigenvalue weighted by molar-refractivity contribution is -0.162. The van der Waals surface area contributed by atoms with Crippen LogP contribution in [0.25, 0.3) is 0 Å². The standard InChI is InChI=1S/C9H18N2O3/c1-5(2)7(10)9(13)14-8(12)6(3)11-4/h5-7,11H,10H2,1-4H3/t6-,7?/m0/s1. The van der Waals surface area contributed by atoms with E-state index in [0.717, 1.165) is 0 Å². The molecule has 2 atom stereocenters. The number of carbonyl (C=O) groups excluding carboxylic acids is 2. The Morgan fingerprint density at radius 1 is 1.21 bits per heavy atom. The van der Waals surface area contributed by atoms with Crippen molar-refractivity contribution < 1.29 is 14.3 Å². The average Bonchev–Trinajstić information content (AvgIpc) is 2.14. The second kappa shape index (κ2) is 5.72. The van der Waals surface area contributed by atoms with Crippen molar-refractivity contribution in [2.24, 2.45) is 11.7 Å². The third-order valence-electron chi connectivity index (χ3n) is 1.98. The summed E-state index contributed by atoms with van der Waals surface area (Å²) >= 11 is 0. The number of nitrogens with one attached hydrogen (secondary N) is 1. The van der Waals surface area contributed by atoms with E-state index in [2.05, 4.69) is 10.1 Å². The van der Waals surface area contributed by atoms with Gasteiger partial charge in [0.2, 0.25) is 0 Å². The number of carbonyl (C=O) groups is 2. The third-order valence-corrected chi connectivity index (χ3v) is 1.98. The summed E-state index contributed by atoms with van der Waals surface area (Å²) in [7, 11) is 1.61. The predicted octanol–water partition coefficient (Wildman–Crippen LogP) is -0.353. The van der Waals surface area contributed by atoms with Crippen LogP contribution in [0.2, 0.25) is 0 Å². The molecule has 5 nitrogen and oxygen atoms in total. The molecule has 0 saturated carbocycles. The van der Waals surface area contributed by atoms with E-state index in [1.165, 1.54) is 0 Å². The maximum absolute atomic E-state index is 11.2. The van der Waals surface area contributed by atoms with Crippen molar-refractivity contribution >= 4 is 11.9 Å². The van der Waals surface area contributed by atoms with E-state index in [0.29, 0.717) is 0 Å². The van der Waals surface area contributed by atoms with Crippen molar-refractivity contribution in [1.29, 1.82) is 0 Å². The fraction of sp³-hybridized carbons (Fsp3) is 0.778. The summed E-state index contributed by atoms with van der Waals surface area (Å²) in [4.78, 5) is 22.4. The Bertz CT molecular complexity index is 216. The number of esters is 2. The molecule has 0 aromatic heterocycles. The summed E-state index contributed by atoms with van der Waals surface area (Å²) in [6.45, 7) is 5.19. The van der Waals surface area contributed by atoms with Crippen molar-refractivity contribution in [1.82, 2.24) is 5.32 Å². The van der Waals surface area contributed by atoms with Crippen LogP contribution in [0.15, 0.2) is 0 Å². The van der Waals surface area contributed by atoms with Crippen molar-refractivity contribution in [3.63, 3.8) is 0 Å².